The van der Waals surface area contributed by atoms with Crippen molar-refractivity contribution in [3.8, 4) is 0 Å². The summed E-state index contributed by atoms with van der Waals surface area (Å²) < 4.78 is 0. The summed E-state index contributed by atoms with van der Waals surface area (Å²) in [5, 5.41) is 3.77. The van der Waals surface area contributed by atoms with E-state index in [-0.39, 0.29) is 0 Å². The molecule has 0 amide bonds. The predicted molar refractivity (Wildman–Crippen MR) is 63.7 cm³/mol. The topological polar surface area (TPSA) is 38.0 Å². The van der Waals surface area contributed by atoms with Gasteiger partial charge in [-0.3, -0.25) is 0 Å². The predicted octanol–water partition coefficient (Wildman–Crippen LogP) is 1.74. The van der Waals surface area contributed by atoms with Crippen molar-refractivity contribution in [2.24, 2.45) is 5.73 Å². The second-order valence-corrected chi connectivity index (χ2v) is 5.83. The van der Waals surface area contributed by atoms with Gasteiger partial charge in [-0.2, -0.15) is 11.8 Å². The van der Waals surface area contributed by atoms with Crippen LogP contribution < -0.4 is 11.1 Å². The molecule has 1 saturated heterocycles. The highest BCUT2D eigenvalue weighted by atomic mass is 32.2. The molecule has 2 rings (SSSR count). The van der Waals surface area contributed by atoms with Crippen molar-refractivity contribution in [3.63, 3.8) is 0 Å². The van der Waals surface area contributed by atoms with Crippen molar-refractivity contribution in [1.82, 2.24) is 5.32 Å². The van der Waals surface area contributed by atoms with E-state index in [1.165, 1.54) is 50.0 Å². The van der Waals surface area contributed by atoms with Crippen LogP contribution in [-0.2, 0) is 0 Å². The molecule has 1 aliphatic heterocycles. The van der Waals surface area contributed by atoms with Gasteiger partial charge in [-0.15, -0.1) is 0 Å². The molecule has 2 nitrogen and oxygen atoms in total. The van der Waals surface area contributed by atoms with Gasteiger partial charge >= 0.3 is 0 Å². The monoisotopic (exact) mass is 214 g/mol. The van der Waals surface area contributed by atoms with Crippen molar-refractivity contribution in [2.75, 3.05) is 11.5 Å². The van der Waals surface area contributed by atoms with Gasteiger partial charge in [-0.1, -0.05) is 12.8 Å². The van der Waals surface area contributed by atoms with Crippen LogP contribution in [0.4, 0.5) is 0 Å². The summed E-state index contributed by atoms with van der Waals surface area (Å²) in [7, 11) is 0. The molecule has 2 unspecified atom stereocenters. The Bertz CT molecular complexity index is 169. The molecule has 82 valence electrons. The van der Waals surface area contributed by atoms with Crippen LogP contribution in [0, 0.1) is 0 Å². The SMILES string of the molecule is NC1CCCCC1NC1CCSCC1. The van der Waals surface area contributed by atoms with E-state index in [0.717, 1.165) is 6.04 Å². The first kappa shape index (κ1) is 10.8. The molecule has 2 aliphatic rings. The molecular formula is C11H22N2S. The van der Waals surface area contributed by atoms with Crippen molar-refractivity contribution >= 4 is 11.8 Å². The highest BCUT2D eigenvalue weighted by Crippen LogP contribution is 2.21. The van der Waals surface area contributed by atoms with Gasteiger partial charge in [0.1, 0.15) is 0 Å². The van der Waals surface area contributed by atoms with E-state index in [4.69, 9.17) is 5.73 Å². The van der Waals surface area contributed by atoms with Gasteiger partial charge in [0, 0.05) is 18.1 Å². The summed E-state index contributed by atoms with van der Waals surface area (Å²) in [6.07, 6.45) is 7.90. The molecule has 14 heavy (non-hydrogen) atoms. The Morgan fingerprint density at radius 1 is 1.00 bits per heavy atom. The van der Waals surface area contributed by atoms with Crippen molar-refractivity contribution in [1.29, 1.82) is 0 Å². The van der Waals surface area contributed by atoms with E-state index in [2.05, 4.69) is 17.1 Å². The van der Waals surface area contributed by atoms with Crippen LogP contribution >= 0.6 is 11.8 Å². The lowest BCUT2D eigenvalue weighted by atomic mass is 9.90. The molecule has 0 aromatic carbocycles. The Labute approximate surface area is 91.4 Å². The van der Waals surface area contributed by atoms with E-state index in [0.29, 0.717) is 12.1 Å². The Morgan fingerprint density at radius 3 is 2.43 bits per heavy atom. The van der Waals surface area contributed by atoms with Gasteiger partial charge in [0.25, 0.3) is 0 Å². The van der Waals surface area contributed by atoms with Crippen LogP contribution in [0.1, 0.15) is 38.5 Å². The normalized spacial score (nSPS) is 35.8. The summed E-state index contributed by atoms with van der Waals surface area (Å²) in [5.74, 6) is 2.67. The molecule has 2 fully saturated rings. The second-order valence-electron chi connectivity index (χ2n) is 4.61. The van der Waals surface area contributed by atoms with Gasteiger partial charge in [0.15, 0.2) is 0 Å². The fourth-order valence-corrected chi connectivity index (χ4v) is 3.64. The van der Waals surface area contributed by atoms with E-state index in [1.54, 1.807) is 0 Å². The van der Waals surface area contributed by atoms with Crippen molar-refractivity contribution < 1.29 is 0 Å². The maximum Gasteiger partial charge on any atom is 0.0221 e. The Balaban J connectivity index is 1.76. The third-order valence-electron chi connectivity index (χ3n) is 3.49. The van der Waals surface area contributed by atoms with Crippen LogP contribution in [-0.4, -0.2) is 29.6 Å². The Kier molecular flexibility index (Phi) is 4.14. The van der Waals surface area contributed by atoms with Crippen LogP contribution in [0.25, 0.3) is 0 Å². The Morgan fingerprint density at radius 2 is 1.71 bits per heavy atom. The average molecular weight is 214 g/mol. The lowest BCUT2D eigenvalue weighted by Gasteiger charge is -2.34. The maximum absolute atomic E-state index is 6.13. The fraction of sp³-hybridized carbons (Fsp3) is 1.00. The van der Waals surface area contributed by atoms with E-state index in [1.807, 2.05) is 0 Å². The second kappa shape index (κ2) is 5.38. The molecule has 3 N–H and O–H groups in total. The standard InChI is InChI=1S/C11H22N2S/c12-10-3-1-2-4-11(10)13-9-5-7-14-8-6-9/h9-11,13H,1-8,12H2. The maximum atomic E-state index is 6.13. The quantitative estimate of drug-likeness (QED) is 0.735. The minimum Gasteiger partial charge on any atom is -0.326 e. The minimum atomic E-state index is 0.415. The molecule has 1 heterocycles. The average Bonchev–Trinajstić information content (AvgIpc) is 2.23. The zero-order valence-electron chi connectivity index (χ0n) is 8.87. The lowest BCUT2D eigenvalue weighted by Crippen LogP contribution is -2.51. The smallest absolute Gasteiger partial charge is 0.0221 e. The summed E-state index contributed by atoms with van der Waals surface area (Å²) in [4.78, 5) is 0. The molecule has 0 aromatic heterocycles. The highest BCUT2D eigenvalue weighted by molar-refractivity contribution is 7.99. The summed E-state index contributed by atoms with van der Waals surface area (Å²) in [6, 6.07) is 1.78. The zero-order valence-corrected chi connectivity index (χ0v) is 9.69. The van der Waals surface area contributed by atoms with Crippen LogP contribution in [0.2, 0.25) is 0 Å². The number of nitrogens with two attached hydrogens (primary N) is 1. The van der Waals surface area contributed by atoms with E-state index < -0.39 is 0 Å². The number of nitrogens with one attached hydrogen (secondary N) is 1. The molecular weight excluding hydrogens is 192 g/mol. The number of thioether (sulfide) groups is 1. The zero-order chi connectivity index (χ0) is 9.80. The van der Waals surface area contributed by atoms with Crippen molar-refractivity contribution in [2.45, 2.75) is 56.7 Å². The van der Waals surface area contributed by atoms with Crippen LogP contribution in [0.3, 0.4) is 0 Å². The molecule has 0 bridgehead atoms. The van der Waals surface area contributed by atoms with Crippen LogP contribution in [0.5, 0.6) is 0 Å². The number of rotatable bonds is 2. The molecule has 3 heteroatoms. The first-order valence-corrected chi connectivity index (χ1v) is 7.11. The summed E-state index contributed by atoms with van der Waals surface area (Å²) in [5.41, 5.74) is 6.13. The molecule has 0 aromatic rings. The third-order valence-corrected chi connectivity index (χ3v) is 4.54. The van der Waals surface area contributed by atoms with E-state index >= 15 is 0 Å². The largest absolute Gasteiger partial charge is 0.326 e. The minimum absolute atomic E-state index is 0.415. The van der Waals surface area contributed by atoms with Gasteiger partial charge in [0.2, 0.25) is 0 Å². The van der Waals surface area contributed by atoms with E-state index in [9.17, 15) is 0 Å². The summed E-state index contributed by atoms with van der Waals surface area (Å²) in [6.45, 7) is 0. The highest BCUT2D eigenvalue weighted by Gasteiger charge is 2.24. The molecule has 1 aliphatic carbocycles. The van der Waals surface area contributed by atoms with Crippen molar-refractivity contribution in [3.05, 3.63) is 0 Å². The molecule has 1 saturated carbocycles. The van der Waals surface area contributed by atoms with Gasteiger partial charge in [-0.05, 0) is 37.2 Å². The molecule has 2 atom stereocenters. The van der Waals surface area contributed by atoms with Gasteiger partial charge in [0.05, 0.1) is 0 Å². The molecule has 0 radical (unpaired) electrons. The number of hydrogen-bond donors (Lipinski definition) is 2. The van der Waals surface area contributed by atoms with Gasteiger partial charge < -0.3 is 11.1 Å². The number of hydrogen-bond acceptors (Lipinski definition) is 3. The fourth-order valence-electron chi connectivity index (χ4n) is 2.53. The summed E-state index contributed by atoms with van der Waals surface area (Å²) >= 11 is 2.09. The third kappa shape index (κ3) is 2.88. The van der Waals surface area contributed by atoms with Crippen LogP contribution in [0.15, 0.2) is 0 Å². The first-order valence-electron chi connectivity index (χ1n) is 5.95. The lowest BCUT2D eigenvalue weighted by molar-refractivity contribution is 0.292. The molecule has 0 spiro atoms. The first-order chi connectivity index (χ1) is 6.86. The van der Waals surface area contributed by atoms with Gasteiger partial charge in [-0.25, -0.2) is 0 Å². The Hall–Kier alpha value is 0.270.